The number of ketones is 1. The van der Waals surface area contributed by atoms with E-state index in [1.807, 2.05) is 29.6 Å². The molecule has 0 saturated heterocycles. The molecule has 3 aromatic rings. The van der Waals surface area contributed by atoms with Crippen molar-refractivity contribution in [3.05, 3.63) is 47.1 Å². The van der Waals surface area contributed by atoms with Crippen LogP contribution in [0.15, 0.2) is 41.0 Å². The minimum atomic E-state index is 0.114. The Morgan fingerprint density at radius 1 is 1.32 bits per heavy atom. The number of ether oxygens (including phenoxy) is 1. The van der Waals surface area contributed by atoms with Gasteiger partial charge >= 0.3 is 0 Å². The summed E-state index contributed by atoms with van der Waals surface area (Å²) in [4.78, 5) is 20.9. The van der Waals surface area contributed by atoms with Gasteiger partial charge in [-0.05, 0) is 35.2 Å². The summed E-state index contributed by atoms with van der Waals surface area (Å²) in [5.41, 5.74) is 2.80. The molecular formula is C16H12N2O2S2. The smallest absolute Gasteiger partial charge is 0.173 e. The number of rotatable bonds is 4. The molecule has 4 rings (SSSR count). The Balaban J connectivity index is 1.52. The van der Waals surface area contributed by atoms with Crippen molar-refractivity contribution in [3.8, 4) is 5.75 Å². The highest BCUT2D eigenvalue weighted by atomic mass is 32.2. The van der Waals surface area contributed by atoms with Crippen molar-refractivity contribution >= 4 is 39.1 Å². The average molecular weight is 328 g/mol. The first kappa shape index (κ1) is 13.7. The fourth-order valence-corrected chi connectivity index (χ4v) is 4.29. The Hall–Kier alpha value is -1.92. The van der Waals surface area contributed by atoms with Gasteiger partial charge in [-0.15, -0.1) is 11.3 Å². The van der Waals surface area contributed by atoms with Crippen LogP contribution in [0.1, 0.15) is 15.9 Å². The number of thiophene rings is 1. The van der Waals surface area contributed by atoms with E-state index in [0.29, 0.717) is 12.4 Å². The van der Waals surface area contributed by atoms with Gasteiger partial charge in [-0.2, -0.15) is 0 Å². The van der Waals surface area contributed by atoms with E-state index in [9.17, 15) is 4.79 Å². The normalized spacial score (nSPS) is 13.1. The minimum Gasteiger partial charge on any atom is -0.493 e. The van der Waals surface area contributed by atoms with Gasteiger partial charge in [-0.3, -0.25) is 4.79 Å². The number of hydrogen-bond acceptors (Lipinski definition) is 6. The van der Waals surface area contributed by atoms with Crippen LogP contribution in [0.5, 0.6) is 5.75 Å². The van der Waals surface area contributed by atoms with E-state index in [1.165, 1.54) is 11.8 Å². The Kier molecular flexibility index (Phi) is 3.56. The Labute approximate surface area is 135 Å². The molecule has 0 atom stereocenters. The van der Waals surface area contributed by atoms with Gasteiger partial charge in [0, 0.05) is 12.0 Å². The molecule has 0 amide bonds. The predicted molar refractivity (Wildman–Crippen MR) is 88.1 cm³/mol. The molecule has 0 unspecified atom stereocenters. The summed E-state index contributed by atoms with van der Waals surface area (Å²) >= 11 is 3.07. The zero-order chi connectivity index (χ0) is 14.9. The van der Waals surface area contributed by atoms with E-state index in [0.717, 1.165) is 38.5 Å². The van der Waals surface area contributed by atoms with Crippen LogP contribution in [0, 0.1) is 0 Å². The molecule has 2 aromatic heterocycles. The standard InChI is InChI=1S/C16H12N2O2S2/c19-13(10-1-2-14-11(7-10)3-5-20-14)8-22-16-15-12(4-6-21-15)17-9-18-16/h1-2,4,6-7,9H,3,5,8H2. The van der Waals surface area contributed by atoms with Gasteiger partial charge < -0.3 is 4.74 Å². The highest BCUT2D eigenvalue weighted by molar-refractivity contribution is 8.00. The number of Topliss-reactive ketones (excluding diaryl/α,β-unsaturated/α-hetero) is 1. The van der Waals surface area contributed by atoms with Crippen molar-refractivity contribution in [2.45, 2.75) is 11.4 Å². The largest absolute Gasteiger partial charge is 0.493 e. The summed E-state index contributed by atoms with van der Waals surface area (Å²) in [5, 5.41) is 2.86. The van der Waals surface area contributed by atoms with E-state index in [1.54, 1.807) is 17.7 Å². The van der Waals surface area contributed by atoms with Gasteiger partial charge in [0.1, 0.15) is 17.1 Å². The van der Waals surface area contributed by atoms with Gasteiger partial charge in [0.15, 0.2) is 5.78 Å². The third kappa shape index (κ3) is 2.48. The quantitative estimate of drug-likeness (QED) is 0.416. The summed E-state index contributed by atoms with van der Waals surface area (Å²) in [7, 11) is 0. The van der Waals surface area contributed by atoms with Crippen molar-refractivity contribution in [2.75, 3.05) is 12.4 Å². The van der Waals surface area contributed by atoms with Gasteiger partial charge in [0.2, 0.25) is 0 Å². The van der Waals surface area contributed by atoms with Crippen molar-refractivity contribution in [2.24, 2.45) is 0 Å². The summed E-state index contributed by atoms with van der Waals surface area (Å²) in [6.45, 7) is 0.707. The molecule has 110 valence electrons. The number of carbonyl (C=O) groups is 1. The molecule has 0 fully saturated rings. The average Bonchev–Trinajstić information content (AvgIpc) is 3.20. The maximum atomic E-state index is 12.4. The second kappa shape index (κ2) is 5.70. The lowest BCUT2D eigenvalue weighted by Crippen LogP contribution is -2.03. The van der Waals surface area contributed by atoms with Gasteiger partial charge in [-0.1, -0.05) is 11.8 Å². The number of thioether (sulfide) groups is 1. The van der Waals surface area contributed by atoms with Gasteiger partial charge in [0.25, 0.3) is 0 Å². The van der Waals surface area contributed by atoms with Crippen molar-refractivity contribution in [1.82, 2.24) is 9.97 Å². The number of benzene rings is 1. The van der Waals surface area contributed by atoms with Crippen LogP contribution >= 0.6 is 23.1 Å². The fraction of sp³-hybridized carbons (Fsp3) is 0.188. The van der Waals surface area contributed by atoms with E-state index < -0.39 is 0 Å². The lowest BCUT2D eigenvalue weighted by molar-refractivity contribution is 0.102. The highest BCUT2D eigenvalue weighted by Gasteiger charge is 2.16. The molecule has 0 bridgehead atoms. The van der Waals surface area contributed by atoms with Crippen LogP contribution in [-0.4, -0.2) is 28.1 Å². The second-order valence-electron chi connectivity index (χ2n) is 4.95. The summed E-state index contributed by atoms with van der Waals surface area (Å²) in [6, 6.07) is 7.65. The summed E-state index contributed by atoms with van der Waals surface area (Å²) in [5.74, 6) is 1.40. The molecule has 0 aliphatic carbocycles. The summed E-state index contributed by atoms with van der Waals surface area (Å²) < 4.78 is 6.51. The number of fused-ring (bicyclic) bond motifs is 2. The van der Waals surface area contributed by atoms with Crippen molar-refractivity contribution in [1.29, 1.82) is 0 Å². The third-order valence-electron chi connectivity index (χ3n) is 3.56. The Morgan fingerprint density at radius 2 is 2.27 bits per heavy atom. The maximum Gasteiger partial charge on any atom is 0.173 e. The molecule has 3 heterocycles. The molecule has 0 saturated carbocycles. The van der Waals surface area contributed by atoms with E-state index in [-0.39, 0.29) is 5.78 Å². The van der Waals surface area contributed by atoms with E-state index in [4.69, 9.17) is 4.74 Å². The SMILES string of the molecule is O=C(CSc1ncnc2ccsc12)c1ccc2c(c1)CCO2. The van der Waals surface area contributed by atoms with Crippen molar-refractivity contribution < 1.29 is 9.53 Å². The number of aromatic nitrogens is 2. The molecule has 0 N–H and O–H groups in total. The monoisotopic (exact) mass is 328 g/mol. The van der Waals surface area contributed by atoms with E-state index >= 15 is 0 Å². The second-order valence-corrected chi connectivity index (χ2v) is 6.83. The fourth-order valence-electron chi connectivity index (χ4n) is 2.45. The molecule has 0 radical (unpaired) electrons. The number of hydrogen-bond donors (Lipinski definition) is 0. The zero-order valence-electron chi connectivity index (χ0n) is 11.6. The summed E-state index contributed by atoms with van der Waals surface area (Å²) in [6.07, 6.45) is 2.43. The molecule has 22 heavy (non-hydrogen) atoms. The van der Waals surface area contributed by atoms with E-state index in [2.05, 4.69) is 9.97 Å². The predicted octanol–water partition coefficient (Wildman–Crippen LogP) is 3.60. The first-order valence-electron chi connectivity index (χ1n) is 6.91. The van der Waals surface area contributed by atoms with Crippen LogP contribution in [-0.2, 0) is 6.42 Å². The van der Waals surface area contributed by atoms with Crippen LogP contribution < -0.4 is 4.74 Å². The van der Waals surface area contributed by atoms with Crippen LogP contribution in [0.2, 0.25) is 0 Å². The number of carbonyl (C=O) groups excluding carboxylic acids is 1. The lowest BCUT2D eigenvalue weighted by atomic mass is 10.1. The van der Waals surface area contributed by atoms with Crippen molar-refractivity contribution in [3.63, 3.8) is 0 Å². The topological polar surface area (TPSA) is 52.1 Å². The molecule has 6 heteroatoms. The molecule has 1 aliphatic rings. The number of nitrogens with zero attached hydrogens (tertiary/aromatic N) is 2. The molecular weight excluding hydrogens is 316 g/mol. The molecule has 4 nitrogen and oxygen atoms in total. The Morgan fingerprint density at radius 3 is 3.23 bits per heavy atom. The third-order valence-corrected chi connectivity index (χ3v) is 5.59. The maximum absolute atomic E-state index is 12.4. The first-order chi connectivity index (χ1) is 10.8. The van der Waals surface area contributed by atoms with Gasteiger partial charge in [-0.25, -0.2) is 9.97 Å². The highest BCUT2D eigenvalue weighted by Crippen LogP contribution is 2.30. The zero-order valence-corrected chi connectivity index (χ0v) is 13.2. The first-order valence-corrected chi connectivity index (χ1v) is 8.78. The molecule has 1 aromatic carbocycles. The lowest BCUT2D eigenvalue weighted by Gasteiger charge is -2.04. The van der Waals surface area contributed by atoms with Crippen LogP contribution in [0.4, 0.5) is 0 Å². The molecule has 0 spiro atoms. The van der Waals surface area contributed by atoms with Gasteiger partial charge in [0.05, 0.1) is 22.6 Å². The Bertz CT molecular complexity index is 860. The van der Waals surface area contributed by atoms with Crippen LogP contribution in [0.25, 0.3) is 10.2 Å². The minimum absolute atomic E-state index is 0.114. The van der Waals surface area contributed by atoms with Crippen LogP contribution in [0.3, 0.4) is 0 Å². The molecule has 1 aliphatic heterocycles.